The Kier molecular flexibility index (Phi) is 4.10. The number of rotatable bonds is 3. The predicted molar refractivity (Wildman–Crippen MR) is 40.2 cm³/mol. The molecule has 0 radical (unpaired) electrons. The molecule has 0 saturated carbocycles. The lowest BCUT2D eigenvalue weighted by Gasteiger charge is -1.94. The van der Waals surface area contributed by atoms with Crippen molar-refractivity contribution < 1.29 is 14.4 Å². The van der Waals surface area contributed by atoms with E-state index in [0.29, 0.717) is 5.71 Å². The van der Waals surface area contributed by atoms with Crippen LogP contribution in [0.4, 0.5) is 0 Å². The maximum atomic E-state index is 10.5. The van der Waals surface area contributed by atoms with Crippen molar-refractivity contribution in [2.75, 3.05) is 0 Å². The third-order valence-electron chi connectivity index (χ3n) is 0.835. The van der Waals surface area contributed by atoms with Crippen LogP contribution in [0.1, 0.15) is 27.2 Å². The first-order valence-electron chi connectivity index (χ1n) is 3.23. The fraction of sp³-hybridized carbons (Fsp3) is 0.571. The van der Waals surface area contributed by atoms with Crippen molar-refractivity contribution in [1.82, 2.24) is 0 Å². The van der Waals surface area contributed by atoms with Gasteiger partial charge in [0.25, 0.3) is 0 Å². The van der Waals surface area contributed by atoms with Crippen LogP contribution in [0.5, 0.6) is 0 Å². The molecule has 0 aliphatic carbocycles. The molecule has 0 saturated heterocycles. The number of ketones is 1. The zero-order valence-corrected chi connectivity index (χ0v) is 6.88. The summed E-state index contributed by atoms with van der Waals surface area (Å²) in [7, 11) is 0. The number of nitrogens with zero attached hydrogens (tertiary/aromatic N) is 1. The van der Waals surface area contributed by atoms with Crippen molar-refractivity contribution in [2.45, 2.75) is 27.2 Å². The molecule has 4 nitrogen and oxygen atoms in total. The zero-order valence-electron chi connectivity index (χ0n) is 6.88. The summed E-state index contributed by atoms with van der Waals surface area (Å²) in [5, 5.41) is 3.41. The summed E-state index contributed by atoms with van der Waals surface area (Å²) in [4.78, 5) is 25.0. The number of hydrogen-bond donors (Lipinski definition) is 0. The molecule has 0 amide bonds. The van der Waals surface area contributed by atoms with E-state index in [1.807, 2.05) is 0 Å². The van der Waals surface area contributed by atoms with E-state index in [1.165, 1.54) is 13.8 Å². The highest BCUT2D eigenvalue weighted by Gasteiger charge is 1.97. The molecule has 0 atom stereocenters. The largest absolute Gasteiger partial charge is 0.331 e. The van der Waals surface area contributed by atoms with Gasteiger partial charge >= 0.3 is 5.97 Å². The van der Waals surface area contributed by atoms with Crippen molar-refractivity contribution in [2.24, 2.45) is 5.16 Å². The minimum atomic E-state index is -0.479. The summed E-state index contributed by atoms with van der Waals surface area (Å²) in [6, 6.07) is 0. The Hall–Kier alpha value is -1.19. The average molecular weight is 157 g/mol. The summed E-state index contributed by atoms with van der Waals surface area (Å²) < 4.78 is 0. The number of hydrogen-bond acceptors (Lipinski definition) is 4. The van der Waals surface area contributed by atoms with Crippen LogP contribution in [0.2, 0.25) is 0 Å². The second-order valence-corrected chi connectivity index (χ2v) is 2.29. The van der Waals surface area contributed by atoms with Crippen LogP contribution < -0.4 is 0 Å². The lowest BCUT2D eigenvalue weighted by molar-refractivity contribution is -0.141. The van der Waals surface area contributed by atoms with E-state index in [9.17, 15) is 9.59 Å². The fourth-order valence-electron chi connectivity index (χ4n) is 0.535. The van der Waals surface area contributed by atoms with Gasteiger partial charge in [-0.15, -0.1) is 0 Å². The summed E-state index contributed by atoms with van der Waals surface area (Å²) >= 11 is 0. The predicted octanol–water partition coefficient (Wildman–Crippen LogP) is 0.905. The summed E-state index contributed by atoms with van der Waals surface area (Å²) in [6.45, 7) is 4.33. The molecule has 0 N–H and O–H groups in total. The van der Waals surface area contributed by atoms with E-state index in [-0.39, 0.29) is 12.2 Å². The van der Waals surface area contributed by atoms with Gasteiger partial charge in [-0.05, 0) is 13.8 Å². The fourth-order valence-corrected chi connectivity index (χ4v) is 0.535. The number of carbonyl (C=O) groups is 2. The Morgan fingerprint density at radius 3 is 2.18 bits per heavy atom. The smallest absolute Gasteiger partial charge is 0.319 e. The van der Waals surface area contributed by atoms with Gasteiger partial charge in [0.15, 0.2) is 0 Å². The van der Waals surface area contributed by atoms with Crippen molar-refractivity contribution >= 4 is 17.5 Å². The van der Waals surface area contributed by atoms with Crippen LogP contribution in [0.15, 0.2) is 5.16 Å². The molecule has 0 aromatic carbocycles. The molecule has 0 aromatic rings. The third kappa shape index (κ3) is 6.70. The van der Waals surface area contributed by atoms with E-state index in [1.54, 1.807) is 6.92 Å². The minimum absolute atomic E-state index is 0.00148. The first kappa shape index (κ1) is 9.81. The van der Waals surface area contributed by atoms with Gasteiger partial charge in [-0.1, -0.05) is 5.16 Å². The lowest BCUT2D eigenvalue weighted by atomic mass is 10.2. The van der Waals surface area contributed by atoms with Crippen LogP contribution in [0.3, 0.4) is 0 Å². The quantitative estimate of drug-likeness (QED) is 0.347. The van der Waals surface area contributed by atoms with E-state index in [0.717, 1.165) is 0 Å². The number of carbonyl (C=O) groups excluding carboxylic acids is 2. The molecular formula is C7H11NO3. The molecule has 0 aliphatic rings. The van der Waals surface area contributed by atoms with Crippen molar-refractivity contribution in [3.05, 3.63) is 0 Å². The van der Waals surface area contributed by atoms with Gasteiger partial charge in [0, 0.05) is 13.3 Å². The van der Waals surface area contributed by atoms with Crippen molar-refractivity contribution in [3.63, 3.8) is 0 Å². The SMILES string of the molecule is CC(=O)CC(C)=NOC(C)=O. The lowest BCUT2D eigenvalue weighted by Crippen LogP contribution is -2.02. The monoisotopic (exact) mass is 157 g/mol. The van der Waals surface area contributed by atoms with Crippen LogP contribution >= 0.6 is 0 Å². The minimum Gasteiger partial charge on any atom is -0.319 e. The van der Waals surface area contributed by atoms with Gasteiger partial charge in [0.2, 0.25) is 0 Å². The van der Waals surface area contributed by atoms with Gasteiger partial charge in [0.05, 0.1) is 5.71 Å². The number of Topliss-reactive ketones (excluding diaryl/α,β-unsaturated/α-hetero) is 1. The Bertz CT molecular complexity index is 196. The van der Waals surface area contributed by atoms with E-state index in [2.05, 4.69) is 9.99 Å². The molecule has 62 valence electrons. The second-order valence-electron chi connectivity index (χ2n) is 2.29. The van der Waals surface area contributed by atoms with Gasteiger partial charge in [-0.25, -0.2) is 4.79 Å². The highest BCUT2D eigenvalue weighted by Crippen LogP contribution is 1.89. The van der Waals surface area contributed by atoms with E-state index >= 15 is 0 Å². The van der Waals surface area contributed by atoms with Gasteiger partial charge in [0.1, 0.15) is 5.78 Å². The Morgan fingerprint density at radius 1 is 1.27 bits per heavy atom. The Labute approximate surface area is 65.2 Å². The van der Waals surface area contributed by atoms with Gasteiger partial charge in [-0.2, -0.15) is 0 Å². The maximum absolute atomic E-state index is 10.5. The van der Waals surface area contributed by atoms with Crippen LogP contribution in [-0.4, -0.2) is 17.5 Å². The van der Waals surface area contributed by atoms with Crippen molar-refractivity contribution in [1.29, 1.82) is 0 Å². The molecule has 0 rings (SSSR count). The van der Waals surface area contributed by atoms with E-state index < -0.39 is 5.97 Å². The van der Waals surface area contributed by atoms with E-state index in [4.69, 9.17) is 0 Å². The van der Waals surface area contributed by atoms with Crippen LogP contribution in [-0.2, 0) is 14.4 Å². The van der Waals surface area contributed by atoms with Crippen LogP contribution in [0.25, 0.3) is 0 Å². The highest BCUT2D eigenvalue weighted by molar-refractivity contribution is 5.99. The highest BCUT2D eigenvalue weighted by atomic mass is 16.7. The number of oxime groups is 1. The molecule has 0 aliphatic heterocycles. The summed E-state index contributed by atoms with van der Waals surface area (Å²) in [5.74, 6) is -0.480. The molecule has 0 fully saturated rings. The normalized spacial score (nSPS) is 11.0. The maximum Gasteiger partial charge on any atom is 0.331 e. The molecule has 4 heteroatoms. The zero-order chi connectivity index (χ0) is 8.85. The third-order valence-corrected chi connectivity index (χ3v) is 0.835. The standard InChI is InChI=1S/C7H11NO3/c1-5(4-6(2)9)8-11-7(3)10/h4H2,1-3H3. The first-order chi connectivity index (χ1) is 5.02. The average Bonchev–Trinajstić information content (AvgIpc) is 1.82. The molecule has 11 heavy (non-hydrogen) atoms. The molecule has 0 heterocycles. The summed E-state index contributed by atoms with van der Waals surface area (Å²) in [5.41, 5.74) is 0.507. The van der Waals surface area contributed by atoms with Gasteiger partial charge < -0.3 is 4.84 Å². The first-order valence-corrected chi connectivity index (χ1v) is 3.23. The molecule has 0 spiro atoms. The molecule has 0 unspecified atom stereocenters. The topological polar surface area (TPSA) is 55.7 Å². The van der Waals surface area contributed by atoms with Gasteiger partial charge in [-0.3, -0.25) is 4.79 Å². The second kappa shape index (κ2) is 4.60. The van der Waals surface area contributed by atoms with Crippen LogP contribution in [0, 0.1) is 0 Å². The Balaban J connectivity index is 3.81. The molecular weight excluding hydrogens is 146 g/mol. The molecule has 0 bridgehead atoms. The Morgan fingerprint density at radius 2 is 1.82 bits per heavy atom. The molecule has 0 aromatic heterocycles. The summed E-state index contributed by atoms with van der Waals surface area (Å²) in [6.07, 6.45) is 0.229. The van der Waals surface area contributed by atoms with Crippen molar-refractivity contribution in [3.8, 4) is 0 Å².